The van der Waals surface area contributed by atoms with Crippen LogP contribution in [0.25, 0.3) is 11.1 Å². The highest BCUT2D eigenvalue weighted by molar-refractivity contribution is 5.65. The Morgan fingerprint density at radius 3 is 2.00 bits per heavy atom. The van der Waals surface area contributed by atoms with Crippen molar-refractivity contribution < 1.29 is 22.6 Å². The number of allylic oxidation sites excluding steroid dienone is 2. The van der Waals surface area contributed by atoms with Crippen molar-refractivity contribution >= 4 is 5.69 Å². The molecular weight excluding hydrogens is 439 g/mol. The van der Waals surface area contributed by atoms with Crippen molar-refractivity contribution in [1.29, 1.82) is 0 Å². The number of hydrogen-bond donors (Lipinski definition) is 1. The maximum atomic E-state index is 13.8. The lowest BCUT2D eigenvalue weighted by molar-refractivity contribution is -0.219. The first-order chi connectivity index (χ1) is 16.0. The predicted octanol–water partition coefficient (Wildman–Crippen LogP) is 7.87. The van der Waals surface area contributed by atoms with Gasteiger partial charge in [-0.3, -0.25) is 0 Å². The molecule has 176 valence electrons. The van der Waals surface area contributed by atoms with Crippen LogP contribution in [0.1, 0.15) is 19.4 Å². The lowest BCUT2D eigenvalue weighted by Gasteiger charge is -2.37. The average molecular weight is 466 g/mol. The Morgan fingerprint density at radius 1 is 0.853 bits per heavy atom. The standard InChI is InChI=1S/C28H26F3NO2/c1-18-4-15-26(27(3,17-18)28(29,30)31)34-24-12-7-21(8-13-24)20-5-10-23(11-6-20)33-25-14-9-22(32)16-19(25)2/h4-17,26H,32H2,1-3H3. The quantitative estimate of drug-likeness (QED) is 0.390. The molecule has 1 aliphatic carbocycles. The Bertz CT molecular complexity index is 1230. The van der Waals surface area contributed by atoms with Gasteiger partial charge in [-0.15, -0.1) is 0 Å². The number of ether oxygens (including phenoxy) is 2. The maximum absolute atomic E-state index is 13.8. The molecule has 0 amide bonds. The van der Waals surface area contributed by atoms with Crippen LogP contribution >= 0.6 is 0 Å². The molecule has 3 aromatic carbocycles. The van der Waals surface area contributed by atoms with Crippen LogP contribution in [0.4, 0.5) is 18.9 Å². The van der Waals surface area contributed by atoms with Crippen molar-refractivity contribution in [3.8, 4) is 28.4 Å². The van der Waals surface area contributed by atoms with Crippen molar-refractivity contribution in [2.45, 2.75) is 33.1 Å². The van der Waals surface area contributed by atoms with Crippen LogP contribution in [0.3, 0.4) is 0 Å². The van der Waals surface area contributed by atoms with Gasteiger partial charge in [0.2, 0.25) is 0 Å². The van der Waals surface area contributed by atoms with Crippen LogP contribution in [0.2, 0.25) is 0 Å². The van der Waals surface area contributed by atoms with E-state index >= 15 is 0 Å². The molecule has 0 saturated heterocycles. The zero-order chi connectivity index (χ0) is 24.5. The van der Waals surface area contributed by atoms with E-state index < -0.39 is 17.7 Å². The van der Waals surface area contributed by atoms with E-state index in [1.807, 2.05) is 55.5 Å². The van der Waals surface area contributed by atoms with Crippen molar-refractivity contribution in [3.63, 3.8) is 0 Å². The molecule has 3 aromatic rings. The molecule has 2 N–H and O–H groups in total. The molecule has 0 aromatic heterocycles. The highest BCUT2D eigenvalue weighted by Crippen LogP contribution is 2.46. The second kappa shape index (κ2) is 8.93. The summed E-state index contributed by atoms with van der Waals surface area (Å²) in [4.78, 5) is 0. The predicted molar refractivity (Wildman–Crippen MR) is 129 cm³/mol. The Kier molecular flexibility index (Phi) is 6.17. The second-order valence-electron chi connectivity index (χ2n) is 8.74. The van der Waals surface area contributed by atoms with Crippen LogP contribution in [0, 0.1) is 12.3 Å². The van der Waals surface area contributed by atoms with E-state index in [9.17, 15) is 13.2 Å². The van der Waals surface area contributed by atoms with E-state index in [1.165, 1.54) is 12.2 Å². The summed E-state index contributed by atoms with van der Waals surface area (Å²) in [5.74, 6) is 1.80. The smallest absolute Gasteiger partial charge is 0.401 e. The molecule has 0 aliphatic heterocycles. The summed E-state index contributed by atoms with van der Waals surface area (Å²) >= 11 is 0. The Morgan fingerprint density at radius 2 is 1.44 bits per heavy atom. The SMILES string of the molecule is CC1=CC(C)(C(F)(F)F)C(Oc2ccc(-c3ccc(Oc4ccc(N)cc4C)cc3)cc2)C=C1. The Labute approximate surface area is 197 Å². The van der Waals surface area contributed by atoms with E-state index in [1.54, 1.807) is 31.2 Å². The normalized spacial score (nSPS) is 20.1. The van der Waals surface area contributed by atoms with E-state index in [0.717, 1.165) is 29.4 Å². The van der Waals surface area contributed by atoms with E-state index in [4.69, 9.17) is 15.2 Å². The summed E-state index contributed by atoms with van der Waals surface area (Å²) in [6, 6.07) is 20.1. The topological polar surface area (TPSA) is 44.5 Å². The fourth-order valence-corrected chi connectivity index (χ4v) is 3.95. The van der Waals surface area contributed by atoms with Gasteiger partial charge in [0, 0.05) is 5.69 Å². The molecule has 1 aliphatic rings. The van der Waals surface area contributed by atoms with E-state index in [-0.39, 0.29) is 0 Å². The van der Waals surface area contributed by atoms with Crippen LogP contribution in [0.5, 0.6) is 17.2 Å². The van der Waals surface area contributed by atoms with E-state index in [2.05, 4.69) is 0 Å². The van der Waals surface area contributed by atoms with Gasteiger partial charge < -0.3 is 15.2 Å². The summed E-state index contributed by atoms with van der Waals surface area (Å²) < 4.78 is 53.0. The highest BCUT2D eigenvalue weighted by Gasteiger charge is 2.56. The fourth-order valence-electron chi connectivity index (χ4n) is 3.95. The first-order valence-electron chi connectivity index (χ1n) is 10.9. The largest absolute Gasteiger partial charge is 0.485 e. The van der Waals surface area contributed by atoms with Crippen LogP contribution in [-0.2, 0) is 0 Å². The number of anilines is 1. The van der Waals surface area contributed by atoms with Crippen LogP contribution < -0.4 is 15.2 Å². The molecule has 0 radical (unpaired) electrons. The molecule has 0 saturated carbocycles. The first-order valence-corrected chi connectivity index (χ1v) is 10.9. The van der Waals surface area contributed by atoms with Gasteiger partial charge in [-0.05, 0) is 86.0 Å². The van der Waals surface area contributed by atoms with Gasteiger partial charge in [0.05, 0.1) is 0 Å². The monoisotopic (exact) mass is 465 g/mol. The van der Waals surface area contributed by atoms with Crippen molar-refractivity contribution in [2.24, 2.45) is 5.41 Å². The highest BCUT2D eigenvalue weighted by atomic mass is 19.4. The summed E-state index contributed by atoms with van der Waals surface area (Å²) in [7, 11) is 0. The molecule has 4 rings (SSSR count). The van der Waals surface area contributed by atoms with Crippen LogP contribution in [0.15, 0.2) is 90.5 Å². The van der Waals surface area contributed by atoms with Gasteiger partial charge in [0.25, 0.3) is 0 Å². The van der Waals surface area contributed by atoms with Gasteiger partial charge >= 0.3 is 6.18 Å². The summed E-state index contributed by atoms with van der Waals surface area (Å²) in [6.45, 7) is 4.74. The van der Waals surface area contributed by atoms with Crippen molar-refractivity contribution in [3.05, 3.63) is 96.1 Å². The van der Waals surface area contributed by atoms with Gasteiger partial charge in [-0.25, -0.2) is 0 Å². The number of nitrogens with two attached hydrogens (primary N) is 1. The lowest BCUT2D eigenvalue weighted by Crippen LogP contribution is -2.47. The number of alkyl halides is 3. The maximum Gasteiger partial charge on any atom is 0.401 e. The number of nitrogen functional groups attached to an aromatic ring is 1. The molecule has 34 heavy (non-hydrogen) atoms. The number of aryl methyl sites for hydroxylation is 1. The third-order valence-electron chi connectivity index (χ3n) is 6.00. The number of benzene rings is 3. The minimum absolute atomic E-state index is 0.376. The number of halogens is 3. The molecule has 2 atom stereocenters. The van der Waals surface area contributed by atoms with Crippen LogP contribution in [-0.4, -0.2) is 12.3 Å². The van der Waals surface area contributed by atoms with Gasteiger partial charge in [0.15, 0.2) is 0 Å². The molecule has 0 spiro atoms. The fraction of sp³-hybridized carbons (Fsp3) is 0.214. The van der Waals surface area contributed by atoms with Gasteiger partial charge in [-0.2, -0.15) is 13.2 Å². The third kappa shape index (κ3) is 4.81. The Balaban J connectivity index is 1.47. The van der Waals surface area contributed by atoms with Crippen molar-refractivity contribution in [2.75, 3.05) is 5.73 Å². The zero-order valence-corrected chi connectivity index (χ0v) is 19.2. The average Bonchev–Trinajstić information content (AvgIpc) is 2.78. The molecule has 6 heteroatoms. The summed E-state index contributed by atoms with van der Waals surface area (Å²) in [5, 5.41) is 0. The second-order valence-corrected chi connectivity index (χ2v) is 8.74. The first kappa shape index (κ1) is 23.5. The number of hydrogen-bond acceptors (Lipinski definition) is 3. The Hall–Kier alpha value is -3.67. The molecular formula is C28H26F3NO2. The van der Waals surface area contributed by atoms with Gasteiger partial charge in [0.1, 0.15) is 28.8 Å². The van der Waals surface area contributed by atoms with E-state index in [0.29, 0.717) is 22.8 Å². The minimum atomic E-state index is -4.43. The minimum Gasteiger partial charge on any atom is -0.485 e. The molecule has 3 nitrogen and oxygen atoms in total. The zero-order valence-electron chi connectivity index (χ0n) is 19.2. The molecule has 2 unspecified atom stereocenters. The summed E-state index contributed by atoms with van der Waals surface area (Å²) in [6.07, 6.45) is -1.23. The molecule has 0 bridgehead atoms. The molecule has 0 fully saturated rings. The third-order valence-corrected chi connectivity index (χ3v) is 6.00. The number of rotatable bonds is 5. The van der Waals surface area contributed by atoms with Crippen molar-refractivity contribution in [1.82, 2.24) is 0 Å². The molecule has 0 heterocycles. The van der Waals surface area contributed by atoms with Gasteiger partial charge in [-0.1, -0.05) is 42.0 Å². The summed E-state index contributed by atoms with van der Waals surface area (Å²) in [5.41, 5.74) is 7.74. The lowest BCUT2D eigenvalue weighted by atomic mass is 9.78.